The van der Waals surface area contributed by atoms with Gasteiger partial charge in [-0.25, -0.2) is 4.79 Å². The van der Waals surface area contributed by atoms with Crippen LogP contribution in [0.25, 0.3) is 0 Å². The fraction of sp³-hybridized carbons (Fsp3) is 0.400. The third-order valence-electron chi connectivity index (χ3n) is 3.03. The van der Waals surface area contributed by atoms with Crippen LogP contribution in [-0.4, -0.2) is 42.9 Å². The van der Waals surface area contributed by atoms with Crippen molar-refractivity contribution in [3.8, 4) is 0 Å². The van der Waals surface area contributed by atoms with Crippen LogP contribution in [-0.2, 0) is 14.3 Å². The van der Waals surface area contributed by atoms with E-state index in [1.54, 1.807) is 29.2 Å². The first-order valence-corrected chi connectivity index (χ1v) is 6.78. The Morgan fingerprint density at radius 2 is 1.76 bits per heavy atom. The van der Waals surface area contributed by atoms with Gasteiger partial charge in [0.05, 0.1) is 18.4 Å². The fourth-order valence-electron chi connectivity index (χ4n) is 1.90. The molecular weight excluding hydrogens is 272 g/mol. The number of methoxy groups -OCH3 is 1. The highest BCUT2D eigenvalue weighted by Crippen LogP contribution is 2.16. The molecule has 0 aliphatic heterocycles. The molecule has 21 heavy (non-hydrogen) atoms. The summed E-state index contributed by atoms with van der Waals surface area (Å²) in [5, 5.41) is 2.57. The van der Waals surface area contributed by atoms with Crippen molar-refractivity contribution in [3.63, 3.8) is 0 Å². The molecule has 6 heteroatoms. The molecule has 0 heterocycles. The van der Waals surface area contributed by atoms with E-state index in [9.17, 15) is 14.4 Å². The molecule has 0 unspecified atom stereocenters. The predicted octanol–water partition coefficient (Wildman–Crippen LogP) is 1.67. The summed E-state index contributed by atoms with van der Waals surface area (Å²) >= 11 is 0. The summed E-state index contributed by atoms with van der Waals surface area (Å²) in [4.78, 5) is 36.9. The highest BCUT2D eigenvalue weighted by molar-refractivity contribution is 6.06. The smallest absolute Gasteiger partial charge is 0.339 e. The number of rotatable bonds is 6. The van der Waals surface area contributed by atoms with Crippen LogP contribution in [0, 0.1) is 0 Å². The van der Waals surface area contributed by atoms with Crippen LogP contribution in [0.3, 0.4) is 0 Å². The Morgan fingerprint density at radius 1 is 1.14 bits per heavy atom. The number of nitrogens with one attached hydrogen (secondary N) is 1. The number of nitrogens with zero attached hydrogens (tertiary/aromatic N) is 1. The molecule has 2 amide bonds. The first-order valence-electron chi connectivity index (χ1n) is 6.78. The number of hydrogen-bond acceptors (Lipinski definition) is 4. The molecular formula is C15H20N2O4. The molecule has 1 aromatic carbocycles. The van der Waals surface area contributed by atoms with Crippen LogP contribution in [0.1, 0.15) is 30.6 Å². The maximum atomic E-state index is 11.9. The van der Waals surface area contributed by atoms with Gasteiger partial charge in [0.15, 0.2) is 0 Å². The van der Waals surface area contributed by atoms with E-state index in [2.05, 4.69) is 10.1 Å². The Kier molecular flexibility index (Phi) is 6.39. The number of ether oxygens (including phenoxy) is 1. The predicted molar refractivity (Wildman–Crippen MR) is 79.0 cm³/mol. The van der Waals surface area contributed by atoms with Gasteiger partial charge in [-0.2, -0.15) is 0 Å². The summed E-state index contributed by atoms with van der Waals surface area (Å²) in [5.74, 6) is -1.24. The van der Waals surface area contributed by atoms with Crippen molar-refractivity contribution in [1.29, 1.82) is 0 Å². The SMILES string of the molecule is CCN(CC)C(=O)CC(=O)Nc1ccccc1C(=O)OC. The van der Waals surface area contributed by atoms with Crippen LogP contribution >= 0.6 is 0 Å². The lowest BCUT2D eigenvalue weighted by Gasteiger charge is -2.18. The summed E-state index contributed by atoms with van der Waals surface area (Å²) in [6, 6.07) is 6.50. The highest BCUT2D eigenvalue weighted by atomic mass is 16.5. The molecule has 0 bridgehead atoms. The maximum absolute atomic E-state index is 11.9. The summed E-state index contributed by atoms with van der Waals surface area (Å²) in [7, 11) is 1.27. The lowest BCUT2D eigenvalue weighted by molar-refractivity contribution is -0.134. The van der Waals surface area contributed by atoms with Crippen molar-refractivity contribution in [2.75, 3.05) is 25.5 Å². The Bertz CT molecular complexity index is 524. The Labute approximate surface area is 124 Å². The van der Waals surface area contributed by atoms with Crippen molar-refractivity contribution in [2.24, 2.45) is 0 Å². The van der Waals surface area contributed by atoms with Gasteiger partial charge in [0.1, 0.15) is 6.42 Å². The van der Waals surface area contributed by atoms with Gasteiger partial charge < -0.3 is 15.0 Å². The zero-order valence-corrected chi connectivity index (χ0v) is 12.5. The van der Waals surface area contributed by atoms with E-state index in [-0.39, 0.29) is 17.9 Å². The third kappa shape index (κ3) is 4.59. The van der Waals surface area contributed by atoms with Crippen LogP contribution in [0.15, 0.2) is 24.3 Å². The average Bonchev–Trinajstić information content (AvgIpc) is 2.48. The number of benzene rings is 1. The quantitative estimate of drug-likeness (QED) is 0.639. The summed E-state index contributed by atoms with van der Waals surface area (Å²) < 4.78 is 4.65. The Morgan fingerprint density at radius 3 is 2.33 bits per heavy atom. The van der Waals surface area contributed by atoms with E-state index < -0.39 is 11.9 Å². The van der Waals surface area contributed by atoms with Crippen LogP contribution in [0.5, 0.6) is 0 Å². The molecule has 1 aromatic rings. The van der Waals surface area contributed by atoms with Gasteiger partial charge in [0.25, 0.3) is 0 Å². The number of carbonyl (C=O) groups is 3. The molecule has 0 aromatic heterocycles. The minimum absolute atomic E-state index is 0.243. The molecule has 0 fully saturated rings. The lowest BCUT2D eigenvalue weighted by atomic mass is 10.1. The standard InChI is InChI=1S/C15H20N2O4/c1-4-17(5-2)14(19)10-13(18)16-12-9-7-6-8-11(12)15(20)21-3/h6-9H,4-5,10H2,1-3H3,(H,16,18). The molecule has 1 N–H and O–H groups in total. The minimum Gasteiger partial charge on any atom is -0.465 e. The molecule has 0 spiro atoms. The van der Waals surface area contributed by atoms with E-state index in [0.717, 1.165) is 0 Å². The van der Waals surface area contributed by atoms with E-state index in [1.165, 1.54) is 7.11 Å². The van der Waals surface area contributed by atoms with E-state index in [0.29, 0.717) is 18.8 Å². The highest BCUT2D eigenvalue weighted by Gasteiger charge is 2.17. The topological polar surface area (TPSA) is 75.7 Å². The number of esters is 1. The van der Waals surface area contributed by atoms with Crippen molar-refractivity contribution in [2.45, 2.75) is 20.3 Å². The normalized spacial score (nSPS) is 9.86. The largest absolute Gasteiger partial charge is 0.465 e. The molecule has 0 aliphatic rings. The van der Waals surface area contributed by atoms with E-state index >= 15 is 0 Å². The van der Waals surface area contributed by atoms with Crippen LogP contribution < -0.4 is 5.32 Å². The number of hydrogen-bond donors (Lipinski definition) is 1. The zero-order chi connectivity index (χ0) is 15.8. The summed E-state index contributed by atoms with van der Waals surface area (Å²) in [6.07, 6.45) is -0.253. The summed E-state index contributed by atoms with van der Waals surface area (Å²) in [5.41, 5.74) is 0.588. The van der Waals surface area contributed by atoms with Gasteiger partial charge in [-0.15, -0.1) is 0 Å². The first kappa shape index (κ1) is 16.7. The number of carbonyl (C=O) groups excluding carboxylic acids is 3. The average molecular weight is 292 g/mol. The van der Waals surface area contributed by atoms with E-state index in [1.807, 2.05) is 13.8 Å². The second-order valence-electron chi connectivity index (χ2n) is 4.33. The molecule has 0 aliphatic carbocycles. The second-order valence-corrected chi connectivity index (χ2v) is 4.33. The first-order chi connectivity index (χ1) is 10.0. The number of amides is 2. The van der Waals surface area contributed by atoms with E-state index in [4.69, 9.17) is 0 Å². The van der Waals surface area contributed by atoms with Gasteiger partial charge >= 0.3 is 5.97 Å². The molecule has 114 valence electrons. The minimum atomic E-state index is -0.541. The summed E-state index contributed by atoms with van der Waals surface area (Å²) in [6.45, 7) is 4.82. The van der Waals surface area contributed by atoms with Crippen molar-refractivity contribution in [3.05, 3.63) is 29.8 Å². The second kappa shape index (κ2) is 8.04. The van der Waals surface area contributed by atoms with Crippen LogP contribution in [0.4, 0.5) is 5.69 Å². The molecule has 0 saturated carbocycles. The van der Waals surface area contributed by atoms with Gasteiger partial charge in [-0.1, -0.05) is 12.1 Å². The fourth-order valence-corrected chi connectivity index (χ4v) is 1.90. The van der Waals surface area contributed by atoms with Crippen LogP contribution in [0.2, 0.25) is 0 Å². The molecule has 0 saturated heterocycles. The van der Waals surface area contributed by atoms with Crippen molar-refractivity contribution < 1.29 is 19.1 Å². The molecule has 0 atom stereocenters. The monoisotopic (exact) mass is 292 g/mol. The van der Waals surface area contributed by atoms with Crippen molar-refractivity contribution >= 4 is 23.5 Å². The molecule has 1 rings (SSSR count). The third-order valence-corrected chi connectivity index (χ3v) is 3.03. The zero-order valence-electron chi connectivity index (χ0n) is 12.5. The number of para-hydroxylation sites is 1. The lowest BCUT2D eigenvalue weighted by Crippen LogP contribution is -2.33. The van der Waals surface area contributed by atoms with Crippen molar-refractivity contribution in [1.82, 2.24) is 4.90 Å². The Hall–Kier alpha value is -2.37. The van der Waals surface area contributed by atoms with Gasteiger partial charge in [0.2, 0.25) is 11.8 Å². The number of anilines is 1. The molecule has 6 nitrogen and oxygen atoms in total. The molecule has 0 radical (unpaired) electrons. The van der Waals surface area contributed by atoms with Gasteiger partial charge in [-0.05, 0) is 26.0 Å². The maximum Gasteiger partial charge on any atom is 0.339 e. The van der Waals surface area contributed by atoms with Gasteiger partial charge in [0, 0.05) is 13.1 Å². The Balaban J connectivity index is 2.76. The van der Waals surface area contributed by atoms with Gasteiger partial charge in [-0.3, -0.25) is 9.59 Å².